The number of ether oxygens (including phenoxy) is 3. The van der Waals surface area contributed by atoms with Crippen LogP contribution in [-0.2, 0) is 36.0 Å². The predicted octanol–water partition coefficient (Wildman–Crippen LogP) is 20.4. The minimum Gasteiger partial charge on any atom is -0.491 e. The first-order valence-corrected chi connectivity index (χ1v) is 29.2. The molecule has 0 fully saturated rings. The topological polar surface area (TPSA) is 27.7 Å². The van der Waals surface area contributed by atoms with Crippen molar-refractivity contribution < 1.29 is 14.2 Å². The SMILES string of the molecule is CCCCCCCCCc1ccccc1OCC(C)OC(c1ccccc1CCCCCCCCC)C(C)(Oc1ccccc1CCCCCCCCC)c1ccccc1CCCCCCCCC. The lowest BCUT2D eigenvalue weighted by Gasteiger charge is -2.42. The zero-order chi connectivity index (χ0) is 49.0. The van der Waals surface area contributed by atoms with Gasteiger partial charge in [0.15, 0.2) is 5.60 Å². The fraction of sp³-hybridized carbons (Fsp3) is 0.636. The van der Waals surface area contributed by atoms with Crippen molar-refractivity contribution in [1.29, 1.82) is 0 Å². The smallest absolute Gasteiger partial charge is 0.162 e. The molecule has 4 aromatic rings. The van der Waals surface area contributed by atoms with Crippen LogP contribution in [0.3, 0.4) is 0 Å². The average Bonchev–Trinajstić information content (AvgIpc) is 3.37. The Bertz CT molecular complexity index is 1860. The Balaban J connectivity index is 1.71. The van der Waals surface area contributed by atoms with E-state index in [1.807, 2.05) is 0 Å². The van der Waals surface area contributed by atoms with Crippen LogP contribution < -0.4 is 9.47 Å². The maximum atomic E-state index is 7.80. The Morgan fingerprint density at radius 3 is 1.22 bits per heavy atom. The monoisotopic (exact) mass is 943 g/mol. The molecule has 0 radical (unpaired) electrons. The van der Waals surface area contributed by atoms with Crippen molar-refractivity contribution >= 4 is 0 Å². The van der Waals surface area contributed by atoms with E-state index in [9.17, 15) is 0 Å². The van der Waals surface area contributed by atoms with Crippen LogP contribution in [0.2, 0.25) is 0 Å². The van der Waals surface area contributed by atoms with Gasteiger partial charge < -0.3 is 14.2 Å². The van der Waals surface area contributed by atoms with Gasteiger partial charge in [0, 0.05) is 5.56 Å². The zero-order valence-electron chi connectivity index (χ0n) is 45.5. The summed E-state index contributed by atoms with van der Waals surface area (Å²) >= 11 is 0. The van der Waals surface area contributed by atoms with Crippen LogP contribution in [0.15, 0.2) is 97.1 Å². The van der Waals surface area contributed by atoms with Gasteiger partial charge in [-0.15, -0.1) is 0 Å². The molecule has 4 aromatic carbocycles. The zero-order valence-corrected chi connectivity index (χ0v) is 45.5. The van der Waals surface area contributed by atoms with E-state index in [-0.39, 0.29) is 12.2 Å². The lowest BCUT2D eigenvalue weighted by Crippen LogP contribution is -2.41. The molecule has 0 saturated heterocycles. The summed E-state index contributed by atoms with van der Waals surface area (Å²) in [6.45, 7) is 14.2. The van der Waals surface area contributed by atoms with E-state index in [0.717, 1.165) is 37.2 Å². The van der Waals surface area contributed by atoms with E-state index in [4.69, 9.17) is 14.2 Å². The minimum atomic E-state index is -0.840. The van der Waals surface area contributed by atoms with Gasteiger partial charge in [-0.1, -0.05) is 267 Å². The summed E-state index contributed by atoms with van der Waals surface area (Å²) in [7, 11) is 0. The number of hydrogen-bond acceptors (Lipinski definition) is 3. The van der Waals surface area contributed by atoms with E-state index in [1.165, 1.54) is 213 Å². The Morgan fingerprint density at radius 2 is 0.725 bits per heavy atom. The van der Waals surface area contributed by atoms with Crippen molar-refractivity contribution in [2.24, 2.45) is 0 Å². The Kier molecular flexibility index (Phi) is 30.6. The predicted molar refractivity (Wildman–Crippen MR) is 299 cm³/mol. The van der Waals surface area contributed by atoms with Gasteiger partial charge in [-0.3, -0.25) is 0 Å². The Labute approximate surface area is 425 Å². The second-order valence-electron chi connectivity index (χ2n) is 20.9. The van der Waals surface area contributed by atoms with Gasteiger partial charge in [0.25, 0.3) is 0 Å². The van der Waals surface area contributed by atoms with Crippen molar-refractivity contribution in [3.8, 4) is 11.5 Å². The molecule has 3 heteroatoms. The molecule has 0 aliphatic rings. The van der Waals surface area contributed by atoms with E-state index in [2.05, 4.69) is 139 Å². The highest BCUT2D eigenvalue weighted by Gasteiger charge is 2.44. The van der Waals surface area contributed by atoms with Gasteiger partial charge in [0.2, 0.25) is 0 Å². The van der Waals surface area contributed by atoms with E-state index in [0.29, 0.717) is 6.61 Å². The normalized spacial score (nSPS) is 13.3. The molecule has 0 N–H and O–H groups in total. The van der Waals surface area contributed by atoms with Crippen molar-refractivity contribution in [3.05, 3.63) is 130 Å². The lowest BCUT2D eigenvalue weighted by atomic mass is 9.80. The highest BCUT2D eigenvalue weighted by atomic mass is 16.6. The number of benzene rings is 4. The number of rotatable bonds is 42. The van der Waals surface area contributed by atoms with Crippen LogP contribution >= 0.6 is 0 Å². The maximum absolute atomic E-state index is 7.80. The van der Waals surface area contributed by atoms with Crippen molar-refractivity contribution in [1.82, 2.24) is 0 Å². The summed E-state index contributed by atoms with van der Waals surface area (Å²) < 4.78 is 22.2. The van der Waals surface area contributed by atoms with Gasteiger partial charge in [-0.25, -0.2) is 0 Å². The fourth-order valence-corrected chi connectivity index (χ4v) is 10.4. The number of para-hydroxylation sites is 2. The third kappa shape index (κ3) is 22.2. The van der Waals surface area contributed by atoms with Crippen LogP contribution in [0.25, 0.3) is 0 Å². The number of hydrogen-bond donors (Lipinski definition) is 0. The molecule has 3 atom stereocenters. The van der Waals surface area contributed by atoms with Gasteiger partial charge in [-0.05, 0) is 105 Å². The molecule has 3 unspecified atom stereocenters. The largest absolute Gasteiger partial charge is 0.491 e. The van der Waals surface area contributed by atoms with E-state index < -0.39 is 5.60 Å². The first-order chi connectivity index (χ1) is 33.9. The summed E-state index contributed by atoms with van der Waals surface area (Å²) in [5.41, 5.74) is 7.00. The van der Waals surface area contributed by atoms with Gasteiger partial charge in [-0.2, -0.15) is 0 Å². The summed E-state index contributed by atoms with van der Waals surface area (Å²) in [4.78, 5) is 0. The second-order valence-corrected chi connectivity index (χ2v) is 20.9. The maximum Gasteiger partial charge on any atom is 0.162 e. The van der Waals surface area contributed by atoms with Gasteiger partial charge >= 0.3 is 0 Å². The first-order valence-electron chi connectivity index (χ1n) is 29.2. The van der Waals surface area contributed by atoms with Crippen molar-refractivity contribution in [3.63, 3.8) is 0 Å². The highest BCUT2D eigenvalue weighted by molar-refractivity contribution is 5.42. The Morgan fingerprint density at radius 1 is 0.377 bits per heavy atom. The molecule has 0 heterocycles. The first kappa shape index (κ1) is 58.0. The molecule has 0 amide bonds. The summed E-state index contributed by atoms with van der Waals surface area (Å²) in [5, 5.41) is 0. The molecular weight excluding hydrogens is 841 g/mol. The van der Waals surface area contributed by atoms with E-state index >= 15 is 0 Å². The molecule has 384 valence electrons. The number of aryl methyl sites for hydroxylation is 4. The third-order valence-electron chi connectivity index (χ3n) is 14.7. The fourth-order valence-electron chi connectivity index (χ4n) is 10.4. The molecule has 4 rings (SSSR count). The van der Waals surface area contributed by atoms with Crippen LogP contribution in [0.1, 0.15) is 261 Å². The van der Waals surface area contributed by atoms with Crippen LogP contribution in [-0.4, -0.2) is 12.7 Å². The molecule has 0 saturated carbocycles. The summed E-state index contributed by atoms with van der Waals surface area (Å²) in [6.07, 6.45) is 39.9. The standard InChI is InChI=1S/C66H102O3/c1-7-11-15-19-23-27-31-43-57-44-35-39-51-61(57)65(68-56(5)55-67-63-53-41-37-49-59(63)47-33-29-25-21-17-13-9-3)66(6,62-52-40-36-46-58(62)45-32-28-24-20-16-12-8-2)69-64-54-42-38-50-60(64)48-34-30-26-22-18-14-10-4/h35-42,44,46,49-54,56,65H,7-34,43,45,47-48,55H2,1-6H3. The van der Waals surface area contributed by atoms with Gasteiger partial charge in [0.05, 0.1) is 6.10 Å². The highest BCUT2D eigenvalue weighted by Crippen LogP contribution is 2.46. The molecule has 69 heavy (non-hydrogen) atoms. The van der Waals surface area contributed by atoms with E-state index in [1.54, 1.807) is 0 Å². The number of unbranched alkanes of at least 4 members (excludes halogenated alkanes) is 24. The molecule has 0 bridgehead atoms. The van der Waals surface area contributed by atoms with Crippen LogP contribution in [0.4, 0.5) is 0 Å². The molecular formula is C66H102O3. The molecule has 0 spiro atoms. The van der Waals surface area contributed by atoms with Crippen LogP contribution in [0, 0.1) is 0 Å². The second kappa shape index (κ2) is 36.4. The summed E-state index contributed by atoms with van der Waals surface area (Å²) in [6, 6.07) is 36.0. The minimum absolute atomic E-state index is 0.200. The molecule has 0 aliphatic heterocycles. The quantitative estimate of drug-likeness (QED) is 0.0414. The van der Waals surface area contributed by atoms with Gasteiger partial charge in [0.1, 0.15) is 24.2 Å². The molecule has 0 aliphatic carbocycles. The lowest BCUT2D eigenvalue weighted by molar-refractivity contribution is -0.125. The molecule has 3 nitrogen and oxygen atoms in total. The third-order valence-corrected chi connectivity index (χ3v) is 14.7. The molecule has 0 aromatic heterocycles. The van der Waals surface area contributed by atoms with Crippen molar-refractivity contribution in [2.45, 2.75) is 265 Å². The average molecular weight is 944 g/mol. The van der Waals surface area contributed by atoms with Crippen LogP contribution in [0.5, 0.6) is 11.5 Å². The van der Waals surface area contributed by atoms with Crippen molar-refractivity contribution in [2.75, 3.05) is 6.61 Å². The summed E-state index contributed by atoms with van der Waals surface area (Å²) in [5.74, 6) is 1.98. The Hall–Kier alpha value is -3.56.